The number of nitrogens with one attached hydrogen (secondary N) is 2. The van der Waals surface area contributed by atoms with E-state index in [1.54, 1.807) is 0 Å². The average Bonchev–Trinajstić information content (AvgIpc) is 3.20. The van der Waals surface area contributed by atoms with Crippen molar-refractivity contribution in [2.24, 2.45) is 4.99 Å². The normalized spacial score (nSPS) is 15.7. The SMILES string of the molecule is CCNC(=NCCCn1nc(C)cc1C)NCCCOC1CCCC1. The van der Waals surface area contributed by atoms with Gasteiger partial charge in [-0.1, -0.05) is 12.8 Å². The van der Waals surface area contributed by atoms with Gasteiger partial charge in [-0.2, -0.15) is 5.10 Å². The largest absolute Gasteiger partial charge is 0.378 e. The number of hydrogen-bond donors (Lipinski definition) is 2. The van der Waals surface area contributed by atoms with Crippen LogP contribution in [0.3, 0.4) is 0 Å². The minimum Gasteiger partial charge on any atom is -0.378 e. The van der Waals surface area contributed by atoms with Gasteiger partial charge in [-0.05, 0) is 52.5 Å². The number of ether oxygens (including phenoxy) is 1. The average molecular weight is 350 g/mol. The maximum absolute atomic E-state index is 5.90. The Morgan fingerprint density at radius 3 is 2.76 bits per heavy atom. The molecule has 1 fully saturated rings. The lowest BCUT2D eigenvalue weighted by Crippen LogP contribution is -2.38. The molecule has 0 aromatic carbocycles. The van der Waals surface area contributed by atoms with Gasteiger partial charge in [0.1, 0.15) is 0 Å². The van der Waals surface area contributed by atoms with Crippen LogP contribution in [0.2, 0.25) is 0 Å². The fraction of sp³-hybridized carbons (Fsp3) is 0.789. The summed E-state index contributed by atoms with van der Waals surface area (Å²) in [6.07, 6.45) is 7.67. The summed E-state index contributed by atoms with van der Waals surface area (Å²) in [6.45, 7) is 10.6. The van der Waals surface area contributed by atoms with Crippen LogP contribution < -0.4 is 10.6 Å². The molecule has 0 saturated heterocycles. The maximum atomic E-state index is 5.90. The molecule has 1 heterocycles. The molecule has 0 amide bonds. The van der Waals surface area contributed by atoms with Crippen molar-refractivity contribution in [2.45, 2.75) is 71.9 Å². The smallest absolute Gasteiger partial charge is 0.191 e. The first-order chi connectivity index (χ1) is 12.2. The zero-order valence-corrected chi connectivity index (χ0v) is 16.2. The quantitative estimate of drug-likeness (QED) is 0.387. The van der Waals surface area contributed by atoms with Crippen LogP contribution in [0.5, 0.6) is 0 Å². The predicted octanol–water partition coefficient (Wildman–Crippen LogP) is 2.79. The minimum absolute atomic E-state index is 0.510. The standard InChI is InChI=1S/C19H35N5O/c1-4-20-19(22-12-8-14-25-18-9-5-6-10-18)21-11-7-13-24-17(3)15-16(2)23-24/h15,18H,4-14H2,1-3H3,(H2,20,21,22). The van der Waals surface area contributed by atoms with Gasteiger partial charge in [-0.15, -0.1) is 0 Å². The van der Waals surface area contributed by atoms with Gasteiger partial charge in [0.2, 0.25) is 0 Å². The van der Waals surface area contributed by atoms with E-state index in [1.165, 1.54) is 31.4 Å². The summed E-state index contributed by atoms with van der Waals surface area (Å²) in [6, 6.07) is 2.11. The van der Waals surface area contributed by atoms with Gasteiger partial charge >= 0.3 is 0 Å². The molecule has 0 radical (unpaired) electrons. The Labute approximate surface area is 152 Å². The summed E-state index contributed by atoms with van der Waals surface area (Å²) in [5, 5.41) is 11.2. The lowest BCUT2D eigenvalue weighted by Gasteiger charge is -2.13. The number of aromatic nitrogens is 2. The van der Waals surface area contributed by atoms with Crippen molar-refractivity contribution in [3.63, 3.8) is 0 Å². The van der Waals surface area contributed by atoms with Crippen LogP contribution in [0.15, 0.2) is 11.1 Å². The Balaban J connectivity index is 1.60. The van der Waals surface area contributed by atoms with Crippen LogP contribution in [0.1, 0.15) is 56.8 Å². The van der Waals surface area contributed by atoms with Crippen LogP contribution in [-0.2, 0) is 11.3 Å². The van der Waals surface area contributed by atoms with E-state index in [4.69, 9.17) is 4.74 Å². The molecule has 2 rings (SSSR count). The van der Waals surface area contributed by atoms with Crippen molar-refractivity contribution in [1.29, 1.82) is 0 Å². The molecule has 1 saturated carbocycles. The van der Waals surface area contributed by atoms with Crippen molar-refractivity contribution in [1.82, 2.24) is 20.4 Å². The molecule has 6 heteroatoms. The Kier molecular flexibility index (Phi) is 8.80. The van der Waals surface area contributed by atoms with Crippen LogP contribution in [0.4, 0.5) is 0 Å². The lowest BCUT2D eigenvalue weighted by molar-refractivity contribution is 0.0574. The van der Waals surface area contributed by atoms with E-state index in [2.05, 4.69) is 45.3 Å². The summed E-state index contributed by atoms with van der Waals surface area (Å²) in [5.41, 5.74) is 2.30. The Hall–Kier alpha value is -1.56. The van der Waals surface area contributed by atoms with Gasteiger partial charge in [0.25, 0.3) is 0 Å². The first kappa shape index (κ1) is 19.8. The third kappa shape index (κ3) is 7.46. The van der Waals surface area contributed by atoms with E-state index in [-0.39, 0.29) is 0 Å². The molecule has 0 spiro atoms. The second-order valence-corrected chi connectivity index (χ2v) is 6.82. The van der Waals surface area contributed by atoms with E-state index in [0.29, 0.717) is 6.10 Å². The van der Waals surface area contributed by atoms with Crippen LogP contribution in [-0.4, -0.2) is 48.1 Å². The van der Waals surface area contributed by atoms with Gasteiger partial charge in [0.05, 0.1) is 11.8 Å². The van der Waals surface area contributed by atoms with Gasteiger partial charge in [-0.25, -0.2) is 0 Å². The van der Waals surface area contributed by atoms with Gasteiger partial charge in [0.15, 0.2) is 5.96 Å². The highest BCUT2D eigenvalue weighted by atomic mass is 16.5. The predicted molar refractivity (Wildman–Crippen MR) is 103 cm³/mol. The monoisotopic (exact) mass is 349 g/mol. The molecule has 1 aliphatic rings. The van der Waals surface area contributed by atoms with Gasteiger partial charge < -0.3 is 15.4 Å². The molecule has 0 atom stereocenters. The number of nitrogens with zero attached hydrogens (tertiary/aromatic N) is 3. The van der Waals surface area contributed by atoms with Crippen LogP contribution in [0.25, 0.3) is 0 Å². The van der Waals surface area contributed by atoms with E-state index in [0.717, 1.165) is 57.3 Å². The number of rotatable bonds is 10. The van der Waals surface area contributed by atoms with E-state index in [1.807, 2.05) is 6.92 Å². The highest BCUT2D eigenvalue weighted by Crippen LogP contribution is 2.20. The molecular weight excluding hydrogens is 314 g/mol. The molecule has 1 aromatic heterocycles. The molecule has 0 aliphatic heterocycles. The third-order valence-corrected chi connectivity index (χ3v) is 4.51. The molecule has 142 valence electrons. The van der Waals surface area contributed by atoms with Crippen molar-refractivity contribution in [2.75, 3.05) is 26.2 Å². The topological polar surface area (TPSA) is 63.5 Å². The molecule has 0 unspecified atom stereocenters. The van der Waals surface area contributed by atoms with E-state index >= 15 is 0 Å². The summed E-state index contributed by atoms with van der Waals surface area (Å²) < 4.78 is 7.96. The molecule has 2 N–H and O–H groups in total. The molecule has 25 heavy (non-hydrogen) atoms. The minimum atomic E-state index is 0.510. The highest BCUT2D eigenvalue weighted by Gasteiger charge is 2.14. The van der Waals surface area contributed by atoms with Crippen LogP contribution >= 0.6 is 0 Å². The fourth-order valence-electron chi connectivity index (χ4n) is 3.24. The number of hydrogen-bond acceptors (Lipinski definition) is 3. The fourth-order valence-corrected chi connectivity index (χ4v) is 3.24. The lowest BCUT2D eigenvalue weighted by atomic mass is 10.3. The first-order valence-electron chi connectivity index (χ1n) is 9.84. The van der Waals surface area contributed by atoms with Crippen molar-refractivity contribution in [3.05, 3.63) is 17.5 Å². The van der Waals surface area contributed by atoms with Gasteiger partial charge in [-0.3, -0.25) is 9.67 Å². The number of aliphatic imine (C=N–C) groups is 1. The number of aryl methyl sites for hydroxylation is 3. The van der Waals surface area contributed by atoms with Crippen molar-refractivity contribution >= 4 is 5.96 Å². The zero-order chi connectivity index (χ0) is 17.9. The van der Waals surface area contributed by atoms with E-state index in [9.17, 15) is 0 Å². The van der Waals surface area contributed by atoms with E-state index < -0.39 is 0 Å². The van der Waals surface area contributed by atoms with Crippen LogP contribution in [0, 0.1) is 13.8 Å². The maximum Gasteiger partial charge on any atom is 0.191 e. The second-order valence-electron chi connectivity index (χ2n) is 6.82. The highest BCUT2D eigenvalue weighted by molar-refractivity contribution is 5.79. The summed E-state index contributed by atoms with van der Waals surface area (Å²) >= 11 is 0. The Bertz CT molecular complexity index is 520. The first-order valence-corrected chi connectivity index (χ1v) is 9.84. The molecular formula is C19H35N5O. The molecule has 1 aliphatic carbocycles. The second kappa shape index (κ2) is 11.1. The molecule has 1 aromatic rings. The molecule has 6 nitrogen and oxygen atoms in total. The summed E-state index contributed by atoms with van der Waals surface area (Å²) in [7, 11) is 0. The summed E-state index contributed by atoms with van der Waals surface area (Å²) in [4.78, 5) is 4.65. The van der Waals surface area contributed by atoms with Gasteiger partial charge in [0, 0.05) is 38.5 Å². The Morgan fingerprint density at radius 1 is 1.28 bits per heavy atom. The summed E-state index contributed by atoms with van der Waals surface area (Å²) in [5.74, 6) is 0.900. The number of guanidine groups is 1. The van der Waals surface area contributed by atoms with Crippen molar-refractivity contribution in [3.8, 4) is 0 Å². The van der Waals surface area contributed by atoms with Crippen molar-refractivity contribution < 1.29 is 4.74 Å². The Morgan fingerprint density at radius 2 is 2.08 bits per heavy atom. The third-order valence-electron chi connectivity index (χ3n) is 4.51. The molecule has 0 bridgehead atoms. The zero-order valence-electron chi connectivity index (χ0n) is 16.2.